The van der Waals surface area contributed by atoms with Gasteiger partial charge in [0.2, 0.25) is 0 Å². The number of nitrogens with zero attached hydrogens (tertiary/aromatic N) is 1. The normalized spacial score (nSPS) is 23.8. The lowest BCUT2D eigenvalue weighted by atomic mass is 10.2. The first-order valence-corrected chi connectivity index (χ1v) is 6.48. The molecule has 0 radical (unpaired) electrons. The van der Waals surface area contributed by atoms with Crippen molar-refractivity contribution in [1.29, 1.82) is 0 Å². The van der Waals surface area contributed by atoms with Crippen molar-refractivity contribution >= 4 is 13.6 Å². The molecule has 7 nitrogen and oxygen atoms in total. The van der Waals surface area contributed by atoms with Crippen molar-refractivity contribution in [1.82, 2.24) is 10.2 Å². The fourth-order valence-electron chi connectivity index (χ4n) is 1.48. The molecule has 0 aromatic rings. The Bertz CT molecular complexity index is 326. The Labute approximate surface area is 92.9 Å². The van der Waals surface area contributed by atoms with Crippen LogP contribution in [0.15, 0.2) is 11.9 Å². The zero-order valence-electron chi connectivity index (χ0n) is 8.61. The van der Waals surface area contributed by atoms with Gasteiger partial charge in [-0.2, -0.15) is 0 Å². The SMILES string of the molecule is O=C(O)[C@@H]1CN(C/C=C/P(=O)(O)O)CCN1. The van der Waals surface area contributed by atoms with Crippen LogP contribution in [-0.4, -0.2) is 58.0 Å². The van der Waals surface area contributed by atoms with Crippen LogP contribution in [0.25, 0.3) is 0 Å². The van der Waals surface area contributed by atoms with Gasteiger partial charge in [-0.05, 0) is 0 Å². The molecule has 1 fully saturated rings. The van der Waals surface area contributed by atoms with Gasteiger partial charge in [0.1, 0.15) is 6.04 Å². The highest BCUT2D eigenvalue weighted by Gasteiger charge is 2.23. The minimum atomic E-state index is -4.11. The minimum Gasteiger partial charge on any atom is -0.480 e. The second-order valence-electron chi connectivity index (χ2n) is 3.58. The summed E-state index contributed by atoms with van der Waals surface area (Å²) in [5.41, 5.74) is 0. The smallest absolute Gasteiger partial charge is 0.348 e. The van der Waals surface area contributed by atoms with Gasteiger partial charge in [-0.1, -0.05) is 6.08 Å². The summed E-state index contributed by atoms with van der Waals surface area (Å²) in [7, 11) is -4.11. The van der Waals surface area contributed by atoms with Gasteiger partial charge in [0.15, 0.2) is 0 Å². The van der Waals surface area contributed by atoms with Crippen LogP contribution < -0.4 is 5.32 Å². The Kier molecular flexibility index (Phi) is 4.64. The Morgan fingerprint density at radius 2 is 2.25 bits per heavy atom. The summed E-state index contributed by atoms with van der Waals surface area (Å²) in [6.45, 7) is 1.90. The first-order chi connectivity index (χ1) is 7.38. The van der Waals surface area contributed by atoms with Crippen LogP contribution in [0.2, 0.25) is 0 Å². The van der Waals surface area contributed by atoms with E-state index in [9.17, 15) is 9.36 Å². The summed E-state index contributed by atoms with van der Waals surface area (Å²) in [5.74, 6) is -0.0752. The summed E-state index contributed by atoms with van der Waals surface area (Å²) in [5, 5.41) is 11.6. The molecular formula is C8H15N2O5P. The second-order valence-corrected chi connectivity index (χ2v) is 5.05. The topological polar surface area (TPSA) is 110 Å². The lowest BCUT2D eigenvalue weighted by Gasteiger charge is -2.30. The standard InChI is InChI=1S/C8H15N2O5P/c11-8(12)7-6-10(4-2-9-7)3-1-5-16(13,14)15/h1,5,7,9H,2-4,6H2,(H,11,12)(H2,13,14,15)/b5-1+/t7-/m0/s1. The molecule has 1 heterocycles. The third-order valence-corrected chi connectivity index (χ3v) is 2.82. The Balaban J connectivity index is 2.41. The number of nitrogens with one attached hydrogen (secondary N) is 1. The maximum absolute atomic E-state index is 10.7. The van der Waals surface area contributed by atoms with Crippen LogP contribution in [0, 0.1) is 0 Å². The average molecular weight is 250 g/mol. The molecule has 0 aromatic carbocycles. The number of aliphatic carboxylic acids is 1. The molecule has 0 aromatic heterocycles. The third-order valence-electron chi connectivity index (χ3n) is 2.22. The molecule has 1 aliphatic rings. The highest BCUT2D eigenvalue weighted by molar-refractivity contribution is 7.55. The monoisotopic (exact) mass is 250 g/mol. The summed E-state index contributed by atoms with van der Waals surface area (Å²) in [4.78, 5) is 29.7. The van der Waals surface area contributed by atoms with Gasteiger partial charge in [0.05, 0.1) is 0 Å². The van der Waals surface area contributed by atoms with Gasteiger partial charge >= 0.3 is 13.6 Å². The van der Waals surface area contributed by atoms with E-state index in [1.807, 2.05) is 4.90 Å². The summed E-state index contributed by atoms with van der Waals surface area (Å²) in [6.07, 6.45) is 1.37. The summed E-state index contributed by atoms with van der Waals surface area (Å²) < 4.78 is 10.5. The van der Waals surface area contributed by atoms with E-state index in [4.69, 9.17) is 14.9 Å². The van der Waals surface area contributed by atoms with Gasteiger partial charge in [-0.25, -0.2) is 0 Å². The Morgan fingerprint density at radius 3 is 2.81 bits per heavy atom. The molecule has 0 bridgehead atoms. The number of carboxylic acid groups (broad SMARTS) is 1. The van der Waals surface area contributed by atoms with Crippen molar-refractivity contribution in [3.8, 4) is 0 Å². The predicted octanol–water partition coefficient (Wildman–Crippen LogP) is -0.964. The van der Waals surface area contributed by atoms with Crippen molar-refractivity contribution in [2.24, 2.45) is 0 Å². The van der Waals surface area contributed by atoms with Gasteiger partial charge in [0, 0.05) is 32.0 Å². The van der Waals surface area contributed by atoms with E-state index in [0.29, 0.717) is 26.2 Å². The fourth-order valence-corrected chi connectivity index (χ4v) is 1.84. The van der Waals surface area contributed by atoms with Crippen LogP contribution in [0.1, 0.15) is 0 Å². The molecule has 0 aliphatic carbocycles. The molecule has 92 valence electrons. The van der Waals surface area contributed by atoms with Gasteiger partial charge < -0.3 is 20.2 Å². The largest absolute Gasteiger partial charge is 0.480 e. The number of piperazine rings is 1. The number of carboxylic acids is 1. The molecule has 0 unspecified atom stereocenters. The quantitative estimate of drug-likeness (QED) is 0.475. The van der Waals surface area contributed by atoms with Crippen molar-refractivity contribution in [2.75, 3.05) is 26.2 Å². The van der Waals surface area contributed by atoms with Crippen LogP contribution in [0.5, 0.6) is 0 Å². The lowest BCUT2D eigenvalue weighted by molar-refractivity contribution is -0.140. The van der Waals surface area contributed by atoms with Gasteiger partial charge in [-0.15, -0.1) is 0 Å². The molecule has 0 amide bonds. The first-order valence-electron chi connectivity index (χ1n) is 4.80. The maximum atomic E-state index is 10.7. The van der Waals surface area contributed by atoms with E-state index in [1.165, 1.54) is 6.08 Å². The van der Waals surface area contributed by atoms with Crippen molar-refractivity contribution in [3.63, 3.8) is 0 Å². The molecule has 16 heavy (non-hydrogen) atoms. The second kappa shape index (κ2) is 5.56. The molecule has 4 N–H and O–H groups in total. The van der Waals surface area contributed by atoms with Crippen LogP contribution in [0.4, 0.5) is 0 Å². The molecule has 0 saturated carbocycles. The molecular weight excluding hydrogens is 235 g/mol. The molecule has 0 spiro atoms. The molecule has 1 rings (SSSR count). The minimum absolute atomic E-state index is 0.334. The molecule has 1 atom stereocenters. The molecule has 8 heteroatoms. The van der Waals surface area contributed by atoms with Crippen molar-refractivity contribution < 1.29 is 24.3 Å². The number of hydrogen-bond donors (Lipinski definition) is 4. The van der Waals surface area contributed by atoms with E-state index in [2.05, 4.69) is 5.32 Å². The Hall–Kier alpha value is -0.720. The maximum Gasteiger partial charge on any atom is 0.348 e. The van der Waals surface area contributed by atoms with Gasteiger partial charge in [-0.3, -0.25) is 14.3 Å². The average Bonchev–Trinajstić information content (AvgIpc) is 2.16. The third kappa shape index (κ3) is 4.87. The summed E-state index contributed by atoms with van der Waals surface area (Å²) >= 11 is 0. The zero-order valence-corrected chi connectivity index (χ0v) is 9.51. The molecule has 1 saturated heterocycles. The molecule has 1 aliphatic heterocycles. The van der Waals surface area contributed by atoms with Crippen molar-refractivity contribution in [3.05, 3.63) is 11.9 Å². The van der Waals surface area contributed by atoms with Crippen molar-refractivity contribution in [2.45, 2.75) is 6.04 Å². The Morgan fingerprint density at radius 1 is 1.56 bits per heavy atom. The number of hydrogen-bond acceptors (Lipinski definition) is 4. The van der Waals surface area contributed by atoms with Crippen LogP contribution >= 0.6 is 7.60 Å². The predicted molar refractivity (Wildman–Crippen MR) is 57.1 cm³/mol. The van der Waals surface area contributed by atoms with E-state index >= 15 is 0 Å². The van der Waals surface area contributed by atoms with E-state index in [1.54, 1.807) is 0 Å². The lowest BCUT2D eigenvalue weighted by Crippen LogP contribution is -2.54. The highest BCUT2D eigenvalue weighted by atomic mass is 31.2. The van der Waals surface area contributed by atoms with E-state index in [0.717, 1.165) is 5.82 Å². The highest BCUT2D eigenvalue weighted by Crippen LogP contribution is 2.35. The first kappa shape index (κ1) is 13.3. The number of rotatable bonds is 4. The fraction of sp³-hybridized carbons (Fsp3) is 0.625. The zero-order chi connectivity index (χ0) is 12.2. The summed E-state index contributed by atoms with van der Waals surface area (Å²) in [6, 6.07) is -0.614. The van der Waals surface area contributed by atoms with E-state index < -0.39 is 19.6 Å². The van der Waals surface area contributed by atoms with Crippen LogP contribution in [0.3, 0.4) is 0 Å². The van der Waals surface area contributed by atoms with Crippen LogP contribution in [-0.2, 0) is 9.36 Å². The van der Waals surface area contributed by atoms with Gasteiger partial charge in [0.25, 0.3) is 0 Å². The van der Waals surface area contributed by atoms with E-state index in [-0.39, 0.29) is 0 Å². The number of carbonyl (C=O) groups is 1.